The van der Waals surface area contributed by atoms with Gasteiger partial charge in [0.25, 0.3) is 0 Å². The lowest BCUT2D eigenvalue weighted by molar-refractivity contribution is -0.119. The Bertz CT molecular complexity index is 158. The van der Waals surface area contributed by atoms with Crippen LogP contribution in [-0.2, 0) is 4.79 Å². The Balaban J connectivity index is 3.32. The molecule has 0 aromatic rings. The molecule has 0 aromatic heterocycles. The molecular weight excluding hydrogens is 142 g/mol. The van der Waals surface area contributed by atoms with Crippen LogP contribution in [0.4, 0.5) is 0 Å². The summed E-state index contributed by atoms with van der Waals surface area (Å²) in [6, 6.07) is 0. The SMILES string of the molecule is C#CCNCC(=O)CC(C)O. The number of terminal acetylenes is 1. The lowest BCUT2D eigenvalue weighted by Gasteiger charge is -2.02. The molecule has 62 valence electrons. The number of hydrogen-bond donors (Lipinski definition) is 2. The first-order valence-electron chi connectivity index (χ1n) is 3.50. The van der Waals surface area contributed by atoms with Crippen LogP contribution in [0.5, 0.6) is 0 Å². The normalized spacial score (nSPS) is 12.1. The summed E-state index contributed by atoms with van der Waals surface area (Å²) in [6.07, 6.45) is 4.57. The highest BCUT2D eigenvalue weighted by molar-refractivity contribution is 5.80. The van der Waals surface area contributed by atoms with E-state index in [1.807, 2.05) is 0 Å². The second kappa shape index (κ2) is 5.90. The van der Waals surface area contributed by atoms with Crippen molar-refractivity contribution < 1.29 is 9.90 Å². The van der Waals surface area contributed by atoms with Crippen LogP contribution in [0.3, 0.4) is 0 Å². The van der Waals surface area contributed by atoms with Crippen molar-refractivity contribution in [1.82, 2.24) is 5.32 Å². The monoisotopic (exact) mass is 155 g/mol. The van der Waals surface area contributed by atoms with Gasteiger partial charge in [0.2, 0.25) is 0 Å². The van der Waals surface area contributed by atoms with E-state index in [2.05, 4.69) is 11.2 Å². The predicted octanol–water partition coefficient (Wildman–Crippen LogP) is -0.451. The van der Waals surface area contributed by atoms with Gasteiger partial charge in [-0.05, 0) is 6.92 Å². The highest BCUT2D eigenvalue weighted by atomic mass is 16.3. The van der Waals surface area contributed by atoms with E-state index >= 15 is 0 Å². The molecule has 0 saturated heterocycles. The fourth-order valence-corrected chi connectivity index (χ4v) is 0.676. The minimum atomic E-state index is -0.560. The van der Waals surface area contributed by atoms with Gasteiger partial charge in [0.05, 0.1) is 19.2 Å². The smallest absolute Gasteiger partial charge is 0.149 e. The van der Waals surface area contributed by atoms with Crippen LogP contribution in [0.25, 0.3) is 0 Å². The Labute approximate surface area is 66.8 Å². The van der Waals surface area contributed by atoms with Crippen LogP contribution in [-0.4, -0.2) is 30.1 Å². The summed E-state index contributed by atoms with van der Waals surface area (Å²) in [7, 11) is 0. The molecule has 0 aliphatic heterocycles. The summed E-state index contributed by atoms with van der Waals surface area (Å²) < 4.78 is 0. The van der Waals surface area contributed by atoms with E-state index < -0.39 is 6.10 Å². The van der Waals surface area contributed by atoms with Crippen molar-refractivity contribution in [2.24, 2.45) is 0 Å². The standard InChI is InChI=1S/C8H13NO2/c1-3-4-9-6-8(11)5-7(2)10/h1,7,9-10H,4-6H2,2H3. The van der Waals surface area contributed by atoms with Crippen molar-refractivity contribution in [2.45, 2.75) is 19.4 Å². The van der Waals surface area contributed by atoms with Crippen LogP contribution in [0.15, 0.2) is 0 Å². The van der Waals surface area contributed by atoms with Gasteiger partial charge in [-0.15, -0.1) is 6.42 Å². The third-order valence-corrected chi connectivity index (χ3v) is 1.07. The number of aliphatic hydroxyl groups is 1. The summed E-state index contributed by atoms with van der Waals surface area (Å²) in [4.78, 5) is 10.8. The van der Waals surface area contributed by atoms with E-state index in [4.69, 9.17) is 11.5 Å². The van der Waals surface area contributed by atoms with Crippen LogP contribution < -0.4 is 5.32 Å². The Kier molecular flexibility index (Phi) is 5.44. The average Bonchev–Trinajstić information content (AvgIpc) is 1.86. The summed E-state index contributed by atoms with van der Waals surface area (Å²) in [5.74, 6) is 2.33. The number of carbonyl (C=O) groups is 1. The second-order valence-corrected chi connectivity index (χ2v) is 2.40. The van der Waals surface area contributed by atoms with Crippen LogP contribution in [0, 0.1) is 12.3 Å². The molecule has 2 N–H and O–H groups in total. The van der Waals surface area contributed by atoms with E-state index in [1.54, 1.807) is 6.92 Å². The molecular formula is C8H13NO2. The molecule has 0 heterocycles. The Morgan fingerprint density at radius 3 is 2.91 bits per heavy atom. The highest BCUT2D eigenvalue weighted by Crippen LogP contribution is 1.89. The number of carbonyl (C=O) groups excluding carboxylic acids is 1. The van der Waals surface area contributed by atoms with Crippen LogP contribution in [0.1, 0.15) is 13.3 Å². The van der Waals surface area contributed by atoms with Gasteiger partial charge >= 0.3 is 0 Å². The average molecular weight is 155 g/mol. The number of nitrogens with one attached hydrogen (secondary N) is 1. The van der Waals surface area contributed by atoms with Crippen molar-refractivity contribution in [3.05, 3.63) is 0 Å². The molecule has 3 nitrogen and oxygen atoms in total. The topological polar surface area (TPSA) is 49.3 Å². The summed E-state index contributed by atoms with van der Waals surface area (Å²) >= 11 is 0. The summed E-state index contributed by atoms with van der Waals surface area (Å²) in [5, 5.41) is 11.5. The third kappa shape index (κ3) is 7.04. The van der Waals surface area contributed by atoms with Gasteiger partial charge in [-0.2, -0.15) is 0 Å². The maximum atomic E-state index is 10.8. The van der Waals surface area contributed by atoms with Crippen LogP contribution >= 0.6 is 0 Å². The van der Waals surface area contributed by atoms with Gasteiger partial charge in [0.1, 0.15) is 5.78 Å². The molecule has 0 spiro atoms. The molecule has 11 heavy (non-hydrogen) atoms. The zero-order valence-electron chi connectivity index (χ0n) is 6.63. The first-order valence-corrected chi connectivity index (χ1v) is 3.50. The Hall–Kier alpha value is -0.850. The molecule has 0 radical (unpaired) electrons. The second-order valence-electron chi connectivity index (χ2n) is 2.40. The van der Waals surface area contributed by atoms with Gasteiger partial charge in [0.15, 0.2) is 0 Å². The Morgan fingerprint density at radius 1 is 1.82 bits per heavy atom. The zero-order chi connectivity index (χ0) is 8.69. The molecule has 0 amide bonds. The quantitative estimate of drug-likeness (QED) is 0.417. The first kappa shape index (κ1) is 10.2. The van der Waals surface area contributed by atoms with Crippen LogP contribution in [0.2, 0.25) is 0 Å². The van der Waals surface area contributed by atoms with Gasteiger partial charge in [-0.25, -0.2) is 0 Å². The molecule has 3 heteroatoms. The summed E-state index contributed by atoms with van der Waals surface area (Å²) in [5.41, 5.74) is 0. The molecule has 1 unspecified atom stereocenters. The van der Waals surface area contributed by atoms with E-state index in [1.165, 1.54) is 0 Å². The third-order valence-electron chi connectivity index (χ3n) is 1.07. The number of hydrogen-bond acceptors (Lipinski definition) is 3. The van der Waals surface area contributed by atoms with Crippen molar-refractivity contribution in [3.8, 4) is 12.3 Å². The maximum Gasteiger partial charge on any atom is 0.149 e. The number of aliphatic hydroxyl groups excluding tert-OH is 1. The minimum Gasteiger partial charge on any atom is -0.393 e. The van der Waals surface area contributed by atoms with Gasteiger partial charge in [-0.1, -0.05) is 5.92 Å². The van der Waals surface area contributed by atoms with Gasteiger partial charge in [0, 0.05) is 6.42 Å². The van der Waals surface area contributed by atoms with E-state index in [9.17, 15) is 4.79 Å². The Morgan fingerprint density at radius 2 is 2.45 bits per heavy atom. The molecule has 0 aliphatic carbocycles. The minimum absolute atomic E-state index is 0.0183. The van der Waals surface area contributed by atoms with Crippen molar-refractivity contribution in [3.63, 3.8) is 0 Å². The maximum absolute atomic E-state index is 10.8. The van der Waals surface area contributed by atoms with Crippen molar-refractivity contribution in [1.29, 1.82) is 0 Å². The number of rotatable bonds is 5. The van der Waals surface area contributed by atoms with Gasteiger partial charge in [-0.3, -0.25) is 10.1 Å². The van der Waals surface area contributed by atoms with E-state index in [0.29, 0.717) is 6.54 Å². The zero-order valence-corrected chi connectivity index (χ0v) is 6.63. The fraction of sp³-hybridized carbons (Fsp3) is 0.625. The lowest BCUT2D eigenvalue weighted by Crippen LogP contribution is -2.25. The molecule has 0 fully saturated rings. The van der Waals surface area contributed by atoms with Crippen molar-refractivity contribution >= 4 is 5.78 Å². The van der Waals surface area contributed by atoms with Crippen molar-refractivity contribution in [2.75, 3.05) is 13.1 Å². The first-order chi connectivity index (χ1) is 5.16. The van der Waals surface area contributed by atoms with Gasteiger partial charge < -0.3 is 5.11 Å². The van der Waals surface area contributed by atoms with E-state index in [0.717, 1.165) is 0 Å². The molecule has 0 rings (SSSR count). The van der Waals surface area contributed by atoms with E-state index in [-0.39, 0.29) is 18.7 Å². The number of ketones is 1. The number of Topliss-reactive ketones (excluding diaryl/α,β-unsaturated/α-hetero) is 1. The largest absolute Gasteiger partial charge is 0.393 e. The molecule has 1 atom stereocenters. The predicted molar refractivity (Wildman–Crippen MR) is 43.0 cm³/mol. The highest BCUT2D eigenvalue weighted by Gasteiger charge is 2.04. The lowest BCUT2D eigenvalue weighted by atomic mass is 10.2. The molecule has 0 bridgehead atoms. The summed E-state index contributed by atoms with van der Waals surface area (Å²) in [6.45, 7) is 2.22. The molecule has 0 saturated carbocycles. The molecule has 0 aromatic carbocycles. The fourth-order valence-electron chi connectivity index (χ4n) is 0.676. The molecule has 0 aliphatic rings.